The number of amides is 1. The number of anilines is 1. The average molecular weight is 345 g/mol. The van der Waals surface area contributed by atoms with Gasteiger partial charge in [-0.25, -0.2) is 4.79 Å². The molecule has 2 aromatic rings. The highest BCUT2D eigenvalue weighted by Crippen LogP contribution is 2.13. The van der Waals surface area contributed by atoms with Gasteiger partial charge in [0, 0.05) is 23.1 Å². The van der Waals surface area contributed by atoms with Gasteiger partial charge in [0.05, 0.1) is 5.56 Å². The first kappa shape index (κ1) is 17.9. The van der Waals surface area contributed by atoms with E-state index in [0.29, 0.717) is 23.2 Å². The van der Waals surface area contributed by atoms with E-state index < -0.39 is 5.97 Å². The predicted octanol–water partition coefficient (Wildman–Crippen LogP) is 3.77. The summed E-state index contributed by atoms with van der Waals surface area (Å²) < 4.78 is 4.99. The number of ether oxygens (including phenoxy) is 1. The van der Waals surface area contributed by atoms with Gasteiger partial charge in [0.15, 0.2) is 12.4 Å². The van der Waals surface area contributed by atoms with Crippen molar-refractivity contribution in [2.45, 2.75) is 20.3 Å². The number of nitrogens with one attached hydrogen (secondary N) is 1. The molecule has 0 aliphatic heterocycles. The number of ketones is 1. The van der Waals surface area contributed by atoms with Crippen LogP contribution in [-0.4, -0.2) is 24.3 Å². The Labute approximate surface area is 144 Å². The number of benzene rings is 1. The molecule has 0 aliphatic carbocycles. The highest BCUT2D eigenvalue weighted by atomic mass is 32.1. The van der Waals surface area contributed by atoms with E-state index in [9.17, 15) is 14.4 Å². The van der Waals surface area contributed by atoms with Gasteiger partial charge in [0.1, 0.15) is 0 Å². The standard InChI is InChI=1S/C18H19NO4S/c1-12(2)9-17(21)19-15-5-3-13(4-6-15)16(20)10-23-18(22)14-7-8-24-11-14/h3-8,11-12H,9-10H2,1-2H3,(H,19,21). The van der Waals surface area contributed by atoms with Gasteiger partial charge in [-0.15, -0.1) is 0 Å². The Morgan fingerprint density at radius 3 is 2.38 bits per heavy atom. The van der Waals surface area contributed by atoms with E-state index in [0.717, 1.165) is 0 Å². The van der Waals surface area contributed by atoms with E-state index in [1.807, 2.05) is 13.8 Å². The molecule has 0 atom stereocenters. The lowest BCUT2D eigenvalue weighted by Gasteiger charge is -2.08. The highest BCUT2D eigenvalue weighted by molar-refractivity contribution is 7.08. The van der Waals surface area contributed by atoms with Crippen LogP contribution in [0, 0.1) is 5.92 Å². The number of esters is 1. The molecule has 24 heavy (non-hydrogen) atoms. The molecule has 0 saturated carbocycles. The summed E-state index contributed by atoms with van der Waals surface area (Å²) in [5, 5.41) is 6.21. The van der Waals surface area contributed by atoms with Crippen LogP contribution in [0.1, 0.15) is 41.0 Å². The maximum atomic E-state index is 12.0. The largest absolute Gasteiger partial charge is 0.454 e. The minimum absolute atomic E-state index is 0.0613. The summed E-state index contributed by atoms with van der Waals surface area (Å²) in [6.45, 7) is 3.63. The number of carbonyl (C=O) groups is 3. The number of carbonyl (C=O) groups excluding carboxylic acids is 3. The maximum Gasteiger partial charge on any atom is 0.339 e. The Hall–Kier alpha value is -2.47. The zero-order valence-electron chi connectivity index (χ0n) is 13.6. The summed E-state index contributed by atoms with van der Waals surface area (Å²) in [4.78, 5) is 35.4. The minimum atomic E-state index is -0.512. The van der Waals surface area contributed by atoms with Crippen LogP contribution in [0.4, 0.5) is 5.69 Å². The molecule has 2 rings (SSSR count). The lowest BCUT2D eigenvalue weighted by Crippen LogP contribution is -2.15. The second kappa shape index (κ2) is 8.40. The highest BCUT2D eigenvalue weighted by Gasteiger charge is 2.12. The molecule has 0 radical (unpaired) electrons. The van der Waals surface area contributed by atoms with Crippen molar-refractivity contribution in [2.24, 2.45) is 5.92 Å². The molecule has 0 spiro atoms. The minimum Gasteiger partial charge on any atom is -0.454 e. The lowest BCUT2D eigenvalue weighted by atomic mass is 10.1. The van der Waals surface area contributed by atoms with Crippen LogP contribution in [0.25, 0.3) is 0 Å². The van der Waals surface area contributed by atoms with Gasteiger partial charge in [-0.1, -0.05) is 13.8 Å². The fraction of sp³-hybridized carbons (Fsp3) is 0.278. The molecule has 0 fully saturated rings. The molecule has 126 valence electrons. The van der Waals surface area contributed by atoms with E-state index in [1.54, 1.807) is 41.1 Å². The Kier molecular flexibility index (Phi) is 6.26. The van der Waals surface area contributed by atoms with Crippen LogP contribution in [0.5, 0.6) is 0 Å². The number of hydrogen-bond donors (Lipinski definition) is 1. The molecule has 1 aromatic carbocycles. The number of rotatable bonds is 7. The Balaban J connectivity index is 1.87. The first-order valence-electron chi connectivity index (χ1n) is 7.58. The molecule has 6 heteroatoms. The maximum absolute atomic E-state index is 12.0. The van der Waals surface area contributed by atoms with Gasteiger partial charge in [0.2, 0.25) is 5.91 Å². The van der Waals surface area contributed by atoms with Gasteiger partial charge in [-0.3, -0.25) is 9.59 Å². The third-order valence-corrected chi connectivity index (χ3v) is 3.86. The van der Waals surface area contributed by atoms with E-state index in [1.165, 1.54) is 11.3 Å². The van der Waals surface area contributed by atoms with E-state index >= 15 is 0 Å². The van der Waals surface area contributed by atoms with Crippen molar-refractivity contribution in [3.63, 3.8) is 0 Å². The van der Waals surface area contributed by atoms with Crippen LogP contribution in [-0.2, 0) is 9.53 Å². The fourth-order valence-electron chi connectivity index (χ4n) is 2.00. The number of hydrogen-bond acceptors (Lipinski definition) is 5. The van der Waals surface area contributed by atoms with E-state index in [-0.39, 0.29) is 24.2 Å². The molecule has 0 aliphatic rings. The van der Waals surface area contributed by atoms with E-state index in [4.69, 9.17) is 4.74 Å². The molecule has 1 N–H and O–H groups in total. The van der Waals surface area contributed by atoms with Crippen molar-refractivity contribution < 1.29 is 19.1 Å². The van der Waals surface area contributed by atoms with Crippen molar-refractivity contribution in [3.8, 4) is 0 Å². The zero-order chi connectivity index (χ0) is 17.5. The monoisotopic (exact) mass is 345 g/mol. The first-order chi connectivity index (χ1) is 11.5. The van der Waals surface area contributed by atoms with Gasteiger partial charge in [-0.2, -0.15) is 11.3 Å². The van der Waals surface area contributed by atoms with Crippen LogP contribution in [0.3, 0.4) is 0 Å². The smallest absolute Gasteiger partial charge is 0.339 e. The van der Waals surface area contributed by atoms with Crippen LogP contribution in [0.15, 0.2) is 41.1 Å². The molecule has 0 unspecified atom stereocenters. The van der Waals surface area contributed by atoms with Crippen molar-refractivity contribution in [3.05, 3.63) is 52.2 Å². The Bertz CT molecular complexity index is 705. The van der Waals surface area contributed by atoms with Gasteiger partial charge in [0.25, 0.3) is 0 Å². The molecular weight excluding hydrogens is 326 g/mol. The summed E-state index contributed by atoms with van der Waals surface area (Å²) in [6, 6.07) is 8.17. The third-order valence-electron chi connectivity index (χ3n) is 3.18. The summed E-state index contributed by atoms with van der Waals surface area (Å²) in [7, 11) is 0. The molecule has 0 saturated heterocycles. The van der Waals surface area contributed by atoms with Crippen LogP contribution >= 0.6 is 11.3 Å². The van der Waals surface area contributed by atoms with Gasteiger partial charge in [-0.05, 0) is 41.6 Å². The SMILES string of the molecule is CC(C)CC(=O)Nc1ccc(C(=O)COC(=O)c2ccsc2)cc1. The third kappa shape index (κ3) is 5.31. The quantitative estimate of drug-likeness (QED) is 0.612. The van der Waals surface area contributed by atoms with Crippen molar-refractivity contribution >= 4 is 34.7 Å². The summed E-state index contributed by atoms with van der Waals surface area (Å²) in [5.41, 5.74) is 1.50. The second-order valence-electron chi connectivity index (χ2n) is 5.73. The summed E-state index contributed by atoms with van der Waals surface area (Å²) >= 11 is 1.39. The molecule has 1 heterocycles. The molecular formula is C18H19NO4S. The normalized spacial score (nSPS) is 10.5. The molecule has 0 bridgehead atoms. The van der Waals surface area contributed by atoms with Crippen LogP contribution < -0.4 is 5.32 Å². The Morgan fingerprint density at radius 1 is 1.08 bits per heavy atom. The zero-order valence-corrected chi connectivity index (χ0v) is 14.4. The lowest BCUT2D eigenvalue weighted by molar-refractivity contribution is -0.116. The number of thiophene rings is 1. The van der Waals surface area contributed by atoms with Gasteiger partial charge >= 0.3 is 5.97 Å². The molecule has 1 amide bonds. The second-order valence-corrected chi connectivity index (χ2v) is 6.51. The van der Waals surface area contributed by atoms with Crippen LogP contribution in [0.2, 0.25) is 0 Å². The van der Waals surface area contributed by atoms with Gasteiger partial charge < -0.3 is 10.1 Å². The first-order valence-corrected chi connectivity index (χ1v) is 8.52. The number of Topliss-reactive ketones (excluding diaryl/α,β-unsaturated/α-hetero) is 1. The predicted molar refractivity (Wildman–Crippen MR) is 93.5 cm³/mol. The van der Waals surface area contributed by atoms with Crippen molar-refractivity contribution in [2.75, 3.05) is 11.9 Å². The van der Waals surface area contributed by atoms with Crippen molar-refractivity contribution in [1.29, 1.82) is 0 Å². The van der Waals surface area contributed by atoms with Crippen molar-refractivity contribution in [1.82, 2.24) is 0 Å². The van der Waals surface area contributed by atoms with E-state index in [2.05, 4.69) is 5.32 Å². The molecule has 1 aromatic heterocycles. The average Bonchev–Trinajstić information content (AvgIpc) is 3.06. The Morgan fingerprint density at radius 2 is 1.79 bits per heavy atom. The topological polar surface area (TPSA) is 72.5 Å². The molecule has 5 nitrogen and oxygen atoms in total. The summed E-state index contributed by atoms with van der Waals surface area (Å²) in [5.74, 6) is -0.585. The summed E-state index contributed by atoms with van der Waals surface area (Å²) in [6.07, 6.45) is 0.444. The fourth-order valence-corrected chi connectivity index (χ4v) is 2.63.